The van der Waals surface area contributed by atoms with Gasteiger partial charge in [-0.25, -0.2) is 0 Å². The van der Waals surface area contributed by atoms with E-state index < -0.39 is 0 Å². The van der Waals surface area contributed by atoms with Gasteiger partial charge in [-0.2, -0.15) is 0 Å². The molecule has 3 heteroatoms. The predicted octanol–water partition coefficient (Wildman–Crippen LogP) is 5.27. The molecule has 3 rings (SSSR count). The summed E-state index contributed by atoms with van der Waals surface area (Å²) in [5, 5.41) is 0. The summed E-state index contributed by atoms with van der Waals surface area (Å²) in [6.45, 7) is 2.95. The Hall–Kier alpha value is -3.07. The molecule has 0 aliphatic carbocycles. The molecule has 0 aromatic heterocycles. The van der Waals surface area contributed by atoms with Crippen LogP contribution in [0.15, 0.2) is 84.9 Å². The van der Waals surface area contributed by atoms with Crippen molar-refractivity contribution in [2.24, 2.45) is 0 Å². The summed E-state index contributed by atoms with van der Waals surface area (Å²) in [5.41, 5.74) is 3.66. The molecule has 0 heterocycles. The van der Waals surface area contributed by atoms with E-state index in [0.29, 0.717) is 13.1 Å². The van der Waals surface area contributed by atoms with E-state index in [0.717, 1.165) is 17.7 Å². The lowest BCUT2D eigenvalue weighted by atomic mass is 9.88. The van der Waals surface area contributed by atoms with Gasteiger partial charge in [0.15, 0.2) is 0 Å². The first-order chi connectivity index (χ1) is 13.7. The van der Waals surface area contributed by atoms with Gasteiger partial charge in [0.2, 0.25) is 5.91 Å². The Kier molecular flexibility index (Phi) is 6.85. The summed E-state index contributed by atoms with van der Waals surface area (Å²) in [4.78, 5) is 14.2. The Morgan fingerprint density at radius 1 is 0.857 bits per heavy atom. The molecule has 1 amide bonds. The summed E-state index contributed by atoms with van der Waals surface area (Å²) in [6, 6.07) is 28.9. The lowest BCUT2D eigenvalue weighted by Crippen LogP contribution is -2.30. The second-order valence-corrected chi connectivity index (χ2v) is 6.95. The lowest BCUT2D eigenvalue weighted by molar-refractivity contribution is -0.129. The van der Waals surface area contributed by atoms with E-state index in [1.807, 2.05) is 41.3 Å². The second kappa shape index (κ2) is 9.75. The minimum atomic E-state index is 0.0932. The van der Waals surface area contributed by atoms with Crippen LogP contribution in [0.2, 0.25) is 0 Å². The molecule has 0 saturated heterocycles. The number of ether oxygens (including phenoxy) is 1. The van der Waals surface area contributed by atoms with Crippen LogP contribution < -0.4 is 4.74 Å². The van der Waals surface area contributed by atoms with Crippen LogP contribution in [0.25, 0.3) is 0 Å². The normalized spacial score (nSPS) is 10.7. The van der Waals surface area contributed by atoms with Gasteiger partial charge in [-0.15, -0.1) is 0 Å². The summed E-state index contributed by atoms with van der Waals surface area (Å²) in [6.07, 6.45) is 0.879. The number of amides is 1. The average Bonchev–Trinajstić information content (AvgIpc) is 2.75. The van der Waals surface area contributed by atoms with Crippen molar-refractivity contribution in [1.29, 1.82) is 0 Å². The van der Waals surface area contributed by atoms with Gasteiger partial charge < -0.3 is 9.64 Å². The highest BCUT2D eigenvalue weighted by molar-refractivity contribution is 5.73. The van der Waals surface area contributed by atoms with Crippen molar-refractivity contribution in [1.82, 2.24) is 4.90 Å². The van der Waals surface area contributed by atoms with Crippen molar-refractivity contribution in [2.45, 2.75) is 25.8 Å². The highest BCUT2D eigenvalue weighted by Crippen LogP contribution is 2.28. The number of benzene rings is 3. The largest absolute Gasteiger partial charge is 0.497 e. The van der Waals surface area contributed by atoms with Crippen molar-refractivity contribution in [3.05, 3.63) is 102 Å². The van der Waals surface area contributed by atoms with E-state index in [1.54, 1.807) is 14.0 Å². The third kappa shape index (κ3) is 5.23. The molecular weight excluding hydrogens is 346 g/mol. The summed E-state index contributed by atoms with van der Waals surface area (Å²) < 4.78 is 5.22. The van der Waals surface area contributed by atoms with Crippen LogP contribution in [-0.2, 0) is 11.3 Å². The predicted molar refractivity (Wildman–Crippen MR) is 113 cm³/mol. The van der Waals surface area contributed by atoms with Crippen molar-refractivity contribution < 1.29 is 9.53 Å². The molecule has 0 spiro atoms. The SMILES string of the molecule is COc1ccc(CN(CCC(c2ccccc2)c2ccccc2)C(C)=O)cc1. The third-order valence-electron chi connectivity index (χ3n) is 5.07. The number of hydrogen-bond acceptors (Lipinski definition) is 2. The number of methoxy groups -OCH3 is 1. The first-order valence-corrected chi connectivity index (χ1v) is 9.65. The van der Waals surface area contributed by atoms with Crippen LogP contribution in [0.4, 0.5) is 0 Å². The third-order valence-corrected chi connectivity index (χ3v) is 5.07. The van der Waals surface area contributed by atoms with Crippen molar-refractivity contribution >= 4 is 5.91 Å². The Morgan fingerprint density at radius 3 is 1.86 bits per heavy atom. The number of hydrogen-bond donors (Lipinski definition) is 0. The Bertz CT molecular complexity index is 821. The minimum absolute atomic E-state index is 0.0932. The van der Waals surface area contributed by atoms with Gasteiger partial charge in [-0.05, 0) is 35.2 Å². The first kappa shape index (κ1) is 19.7. The molecule has 0 aliphatic rings. The quantitative estimate of drug-likeness (QED) is 0.539. The molecule has 0 saturated carbocycles. The molecule has 28 heavy (non-hydrogen) atoms. The molecule has 3 nitrogen and oxygen atoms in total. The van der Waals surface area contributed by atoms with Gasteiger partial charge in [-0.3, -0.25) is 4.79 Å². The maximum Gasteiger partial charge on any atom is 0.219 e. The summed E-state index contributed by atoms with van der Waals surface area (Å²) in [7, 11) is 1.66. The zero-order valence-corrected chi connectivity index (χ0v) is 16.5. The zero-order valence-electron chi connectivity index (χ0n) is 16.5. The molecule has 3 aromatic rings. The van der Waals surface area contributed by atoms with Gasteiger partial charge in [0.05, 0.1) is 7.11 Å². The minimum Gasteiger partial charge on any atom is -0.497 e. The van der Waals surface area contributed by atoms with Crippen molar-refractivity contribution in [3.63, 3.8) is 0 Å². The number of carbonyl (C=O) groups excluding carboxylic acids is 1. The highest BCUT2D eigenvalue weighted by Gasteiger charge is 2.17. The molecule has 3 aromatic carbocycles. The van der Waals surface area contributed by atoms with E-state index in [-0.39, 0.29) is 11.8 Å². The van der Waals surface area contributed by atoms with Gasteiger partial charge in [-0.1, -0.05) is 72.8 Å². The Labute approximate surface area is 167 Å². The fraction of sp³-hybridized carbons (Fsp3) is 0.240. The van der Waals surface area contributed by atoms with Crippen molar-refractivity contribution in [3.8, 4) is 5.75 Å². The highest BCUT2D eigenvalue weighted by atomic mass is 16.5. The van der Waals surface area contributed by atoms with Crippen LogP contribution in [0.3, 0.4) is 0 Å². The Balaban J connectivity index is 1.74. The molecule has 0 unspecified atom stereocenters. The maximum absolute atomic E-state index is 12.3. The van der Waals surface area contributed by atoms with Gasteiger partial charge >= 0.3 is 0 Å². The molecule has 0 fully saturated rings. The molecule has 0 bridgehead atoms. The number of nitrogens with zero attached hydrogens (tertiary/aromatic N) is 1. The molecule has 0 atom stereocenters. The molecule has 0 radical (unpaired) electrons. The summed E-state index contributed by atoms with van der Waals surface area (Å²) in [5.74, 6) is 1.18. The van der Waals surface area contributed by atoms with Gasteiger partial charge in [0.25, 0.3) is 0 Å². The van der Waals surface area contributed by atoms with E-state index >= 15 is 0 Å². The monoisotopic (exact) mass is 373 g/mol. The van der Waals surface area contributed by atoms with E-state index in [2.05, 4.69) is 48.5 Å². The fourth-order valence-corrected chi connectivity index (χ4v) is 3.48. The smallest absolute Gasteiger partial charge is 0.219 e. The standard InChI is InChI=1S/C25H27NO2/c1-20(27)26(19-21-13-15-24(28-2)16-14-21)18-17-25(22-9-5-3-6-10-22)23-11-7-4-8-12-23/h3-16,25H,17-19H2,1-2H3. The maximum atomic E-state index is 12.3. The van der Waals surface area contributed by atoms with Crippen LogP contribution in [0.1, 0.15) is 36.0 Å². The van der Waals surface area contributed by atoms with Crippen molar-refractivity contribution in [2.75, 3.05) is 13.7 Å². The van der Waals surface area contributed by atoms with Crippen LogP contribution >= 0.6 is 0 Å². The van der Waals surface area contributed by atoms with Gasteiger partial charge in [0, 0.05) is 25.9 Å². The van der Waals surface area contributed by atoms with Crippen LogP contribution in [0, 0.1) is 0 Å². The van der Waals surface area contributed by atoms with Crippen LogP contribution in [-0.4, -0.2) is 24.5 Å². The van der Waals surface area contributed by atoms with Gasteiger partial charge in [0.1, 0.15) is 5.75 Å². The Morgan fingerprint density at radius 2 is 1.39 bits per heavy atom. The molecule has 0 N–H and O–H groups in total. The van der Waals surface area contributed by atoms with E-state index in [9.17, 15) is 4.79 Å². The summed E-state index contributed by atoms with van der Waals surface area (Å²) >= 11 is 0. The fourth-order valence-electron chi connectivity index (χ4n) is 3.48. The zero-order chi connectivity index (χ0) is 19.8. The number of rotatable bonds is 8. The number of carbonyl (C=O) groups is 1. The van der Waals surface area contributed by atoms with Crippen LogP contribution in [0.5, 0.6) is 5.75 Å². The topological polar surface area (TPSA) is 29.5 Å². The van der Waals surface area contributed by atoms with E-state index in [4.69, 9.17) is 4.74 Å². The molecular formula is C25H27NO2. The van der Waals surface area contributed by atoms with E-state index in [1.165, 1.54) is 11.1 Å². The molecule has 0 aliphatic heterocycles. The average molecular weight is 373 g/mol. The molecule has 144 valence electrons. The second-order valence-electron chi connectivity index (χ2n) is 6.95. The first-order valence-electron chi connectivity index (χ1n) is 9.65. The lowest BCUT2D eigenvalue weighted by Gasteiger charge is -2.25.